The molecule has 0 spiro atoms. The van der Waals surface area contributed by atoms with Crippen molar-refractivity contribution in [2.24, 2.45) is 5.92 Å². The van der Waals surface area contributed by atoms with Crippen LogP contribution in [-0.4, -0.2) is 36.9 Å². The lowest BCUT2D eigenvalue weighted by atomic mass is 9.86. The number of hydrogen-bond acceptors (Lipinski definition) is 4. The number of ketones is 1. The van der Waals surface area contributed by atoms with E-state index in [2.05, 4.69) is 10.3 Å². The standard InChI is InChI=1S/C15H20N2O4/c1-9-6-12-10(13(18)7-9)8-11(15(20)17-12)14(19)16-4-3-5-21-2/h8-9H,3-7H2,1-2H3,(H,16,19)(H,17,20). The predicted octanol–water partition coefficient (Wildman–Crippen LogP) is 0.906. The molecule has 0 aromatic carbocycles. The first-order chi connectivity index (χ1) is 10.0. The van der Waals surface area contributed by atoms with Gasteiger partial charge in [0.25, 0.3) is 11.5 Å². The molecule has 1 aromatic rings. The van der Waals surface area contributed by atoms with Crippen molar-refractivity contribution in [1.29, 1.82) is 0 Å². The number of carbonyl (C=O) groups is 2. The molecule has 0 saturated carbocycles. The molecule has 1 heterocycles. The van der Waals surface area contributed by atoms with Crippen LogP contribution in [0.25, 0.3) is 0 Å². The van der Waals surface area contributed by atoms with Gasteiger partial charge in [0.1, 0.15) is 5.56 Å². The molecule has 1 atom stereocenters. The second-order valence-corrected chi connectivity index (χ2v) is 5.44. The van der Waals surface area contributed by atoms with Gasteiger partial charge in [0.15, 0.2) is 5.78 Å². The van der Waals surface area contributed by atoms with Gasteiger partial charge in [0.05, 0.1) is 0 Å². The molecular weight excluding hydrogens is 272 g/mol. The van der Waals surface area contributed by atoms with Gasteiger partial charge in [-0.1, -0.05) is 6.92 Å². The summed E-state index contributed by atoms with van der Waals surface area (Å²) in [6, 6.07) is 1.42. The van der Waals surface area contributed by atoms with Crippen molar-refractivity contribution >= 4 is 11.7 Å². The van der Waals surface area contributed by atoms with Gasteiger partial charge < -0.3 is 15.0 Å². The fourth-order valence-electron chi connectivity index (χ4n) is 2.51. The van der Waals surface area contributed by atoms with Crippen LogP contribution in [0, 0.1) is 5.92 Å². The van der Waals surface area contributed by atoms with E-state index in [0.29, 0.717) is 43.7 Å². The Kier molecular flexibility index (Phi) is 4.90. The molecule has 21 heavy (non-hydrogen) atoms. The van der Waals surface area contributed by atoms with Gasteiger partial charge in [-0.15, -0.1) is 0 Å². The van der Waals surface area contributed by atoms with E-state index in [1.807, 2.05) is 6.92 Å². The van der Waals surface area contributed by atoms with Crippen molar-refractivity contribution in [1.82, 2.24) is 10.3 Å². The highest BCUT2D eigenvalue weighted by Crippen LogP contribution is 2.23. The van der Waals surface area contributed by atoms with E-state index >= 15 is 0 Å². The van der Waals surface area contributed by atoms with E-state index in [0.717, 1.165) is 0 Å². The Labute approximate surface area is 122 Å². The molecule has 6 nitrogen and oxygen atoms in total. The number of methoxy groups -OCH3 is 1. The van der Waals surface area contributed by atoms with Crippen LogP contribution in [0.5, 0.6) is 0 Å². The van der Waals surface area contributed by atoms with Crippen LogP contribution < -0.4 is 10.9 Å². The van der Waals surface area contributed by atoms with Gasteiger partial charge in [0, 0.05) is 37.9 Å². The zero-order valence-electron chi connectivity index (χ0n) is 12.3. The summed E-state index contributed by atoms with van der Waals surface area (Å²) in [6.45, 7) is 2.93. The topological polar surface area (TPSA) is 88.3 Å². The maximum Gasteiger partial charge on any atom is 0.261 e. The number of H-pyrrole nitrogens is 1. The first kappa shape index (κ1) is 15.4. The summed E-state index contributed by atoms with van der Waals surface area (Å²) < 4.78 is 4.89. The lowest BCUT2D eigenvalue weighted by molar-refractivity contribution is 0.0947. The molecule has 6 heteroatoms. The van der Waals surface area contributed by atoms with E-state index < -0.39 is 11.5 Å². The molecule has 1 aromatic heterocycles. The normalized spacial score (nSPS) is 17.4. The Morgan fingerprint density at radius 2 is 2.19 bits per heavy atom. The van der Waals surface area contributed by atoms with Crippen LogP contribution in [0.4, 0.5) is 0 Å². The average Bonchev–Trinajstić information content (AvgIpc) is 2.42. The fraction of sp³-hybridized carbons (Fsp3) is 0.533. The Balaban J connectivity index is 2.18. The lowest BCUT2D eigenvalue weighted by Crippen LogP contribution is -2.33. The van der Waals surface area contributed by atoms with Gasteiger partial charge in [-0.2, -0.15) is 0 Å². The molecule has 2 N–H and O–H groups in total. The van der Waals surface area contributed by atoms with Crippen LogP contribution in [-0.2, 0) is 11.2 Å². The highest BCUT2D eigenvalue weighted by atomic mass is 16.5. The van der Waals surface area contributed by atoms with Gasteiger partial charge in [0.2, 0.25) is 0 Å². The van der Waals surface area contributed by atoms with Crippen LogP contribution in [0.15, 0.2) is 10.9 Å². The number of pyridine rings is 1. The van der Waals surface area contributed by atoms with Crippen LogP contribution in [0.1, 0.15) is 46.2 Å². The van der Waals surface area contributed by atoms with Gasteiger partial charge in [-0.25, -0.2) is 0 Å². The van der Waals surface area contributed by atoms with Gasteiger partial charge >= 0.3 is 0 Å². The first-order valence-corrected chi connectivity index (χ1v) is 7.09. The number of rotatable bonds is 5. The van der Waals surface area contributed by atoms with E-state index in [4.69, 9.17) is 4.74 Å². The van der Waals surface area contributed by atoms with Crippen molar-refractivity contribution in [2.45, 2.75) is 26.2 Å². The number of fused-ring (bicyclic) bond motifs is 1. The number of aromatic amines is 1. The average molecular weight is 292 g/mol. The summed E-state index contributed by atoms with van der Waals surface area (Å²) in [5.74, 6) is -0.260. The first-order valence-electron chi connectivity index (χ1n) is 7.09. The molecule has 0 aliphatic heterocycles. The highest BCUT2D eigenvalue weighted by Gasteiger charge is 2.25. The second-order valence-electron chi connectivity index (χ2n) is 5.44. The highest BCUT2D eigenvalue weighted by molar-refractivity contribution is 6.01. The quantitative estimate of drug-likeness (QED) is 0.789. The number of hydrogen-bond donors (Lipinski definition) is 2. The van der Waals surface area contributed by atoms with Crippen molar-refractivity contribution in [3.8, 4) is 0 Å². The molecular formula is C15H20N2O4. The minimum Gasteiger partial charge on any atom is -0.385 e. The SMILES string of the molecule is COCCCNC(=O)c1cc2c([nH]c1=O)CC(C)CC2=O. The number of aromatic nitrogens is 1. The Morgan fingerprint density at radius 1 is 1.43 bits per heavy atom. The molecule has 1 aliphatic carbocycles. The Bertz CT molecular complexity index is 606. The monoisotopic (exact) mass is 292 g/mol. The van der Waals surface area contributed by atoms with Crippen molar-refractivity contribution < 1.29 is 14.3 Å². The summed E-state index contributed by atoms with van der Waals surface area (Å²) in [5, 5.41) is 2.65. The molecule has 1 aliphatic rings. The molecule has 0 saturated heterocycles. The molecule has 0 fully saturated rings. The van der Waals surface area contributed by atoms with Crippen molar-refractivity contribution in [3.63, 3.8) is 0 Å². The fourth-order valence-corrected chi connectivity index (χ4v) is 2.51. The minimum atomic E-state index is -0.457. The third-order valence-corrected chi connectivity index (χ3v) is 3.57. The summed E-state index contributed by atoms with van der Waals surface area (Å²) in [4.78, 5) is 38.7. The van der Waals surface area contributed by atoms with E-state index in [1.165, 1.54) is 6.07 Å². The number of Topliss-reactive ketones (excluding diaryl/α,β-unsaturated/α-hetero) is 1. The third-order valence-electron chi connectivity index (χ3n) is 3.57. The predicted molar refractivity (Wildman–Crippen MR) is 77.7 cm³/mol. The summed E-state index contributed by atoms with van der Waals surface area (Å²) in [6.07, 6.45) is 1.78. The summed E-state index contributed by atoms with van der Waals surface area (Å²) in [7, 11) is 1.59. The second kappa shape index (κ2) is 6.67. The number of ether oxygens (including phenoxy) is 1. The van der Waals surface area contributed by atoms with E-state index in [1.54, 1.807) is 7.11 Å². The van der Waals surface area contributed by atoms with Gasteiger partial charge in [-0.05, 0) is 24.8 Å². The Morgan fingerprint density at radius 3 is 2.90 bits per heavy atom. The summed E-state index contributed by atoms with van der Waals surface area (Å²) >= 11 is 0. The van der Waals surface area contributed by atoms with Crippen molar-refractivity contribution in [3.05, 3.63) is 33.2 Å². The molecule has 2 rings (SSSR count). The third kappa shape index (κ3) is 3.58. The van der Waals surface area contributed by atoms with Crippen LogP contribution >= 0.6 is 0 Å². The maximum absolute atomic E-state index is 12.0. The number of amides is 1. The number of nitrogens with one attached hydrogen (secondary N) is 2. The van der Waals surface area contributed by atoms with Crippen molar-refractivity contribution in [2.75, 3.05) is 20.3 Å². The zero-order chi connectivity index (χ0) is 15.4. The van der Waals surface area contributed by atoms with E-state index in [-0.39, 0.29) is 17.3 Å². The molecule has 0 bridgehead atoms. The largest absolute Gasteiger partial charge is 0.385 e. The maximum atomic E-state index is 12.0. The molecule has 0 radical (unpaired) electrons. The van der Waals surface area contributed by atoms with Gasteiger partial charge in [-0.3, -0.25) is 14.4 Å². The van der Waals surface area contributed by atoms with E-state index in [9.17, 15) is 14.4 Å². The summed E-state index contributed by atoms with van der Waals surface area (Å²) in [5.41, 5.74) is 0.656. The molecule has 114 valence electrons. The van der Waals surface area contributed by atoms with Crippen LogP contribution in [0.3, 0.4) is 0 Å². The molecule has 1 unspecified atom stereocenters. The number of carbonyl (C=O) groups excluding carboxylic acids is 2. The smallest absolute Gasteiger partial charge is 0.261 e. The zero-order valence-corrected chi connectivity index (χ0v) is 12.3. The Hall–Kier alpha value is -1.95. The molecule has 1 amide bonds. The minimum absolute atomic E-state index is 0.00549. The lowest BCUT2D eigenvalue weighted by Gasteiger charge is -2.20. The van der Waals surface area contributed by atoms with Crippen LogP contribution in [0.2, 0.25) is 0 Å².